The van der Waals surface area contributed by atoms with Gasteiger partial charge in [-0.25, -0.2) is 0 Å². The topological polar surface area (TPSA) is 23.8 Å². The fourth-order valence-corrected chi connectivity index (χ4v) is 2.68. The second-order valence-electron chi connectivity index (χ2n) is 3.62. The monoisotopic (exact) mass is 259 g/mol. The SMILES string of the molecule is Cc1ccccc1Sc1ccc(C#N)c(Cl)c1. The van der Waals surface area contributed by atoms with E-state index in [1.807, 2.05) is 24.3 Å². The third-order valence-corrected chi connectivity index (χ3v) is 3.86. The van der Waals surface area contributed by atoms with Crippen LogP contribution in [-0.4, -0.2) is 0 Å². The minimum Gasteiger partial charge on any atom is -0.192 e. The van der Waals surface area contributed by atoms with E-state index >= 15 is 0 Å². The van der Waals surface area contributed by atoms with Crippen LogP contribution in [0.1, 0.15) is 11.1 Å². The maximum Gasteiger partial charge on any atom is 0.101 e. The first-order valence-corrected chi connectivity index (χ1v) is 6.33. The summed E-state index contributed by atoms with van der Waals surface area (Å²) in [5, 5.41) is 9.31. The van der Waals surface area contributed by atoms with E-state index in [4.69, 9.17) is 16.9 Å². The van der Waals surface area contributed by atoms with Gasteiger partial charge in [0.1, 0.15) is 6.07 Å². The highest BCUT2D eigenvalue weighted by Gasteiger charge is 2.04. The van der Waals surface area contributed by atoms with Gasteiger partial charge < -0.3 is 0 Å². The standard InChI is InChI=1S/C14H10ClNS/c1-10-4-2-3-5-14(10)17-12-7-6-11(9-16)13(15)8-12/h2-8H,1H3. The fraction of sp³-hybridized carbons (Fsp3) is 0.0714. The summed E-state index contributed by atoms with van der Waals surface area (Å²) in [7, 11) is 0. The Morgan fingerprint density at radius 2 is 1.94 bits per heavy atom. The first-order chi connectivity index (χ1) is 8.20. The van der Waals surface area contributed by atoms with Crippen molar-refractivity contribution in [2.24, 2.45) is 0 Å². The average Bonchev–Trinajstić information content (AvgIpc) is 2.32. The zero-order valence-electron chi connectivity index (χ0n) is 9.27. The summed E-state index contributed by atoms with van der Waals surface area (Å²) in [6.45, 7) is 2.08. The Bertz CT molecular complexity index is 587. The second kappa shape index (κ2) is 5.27. The summed E-state index contributed by atoms with van der Waals surface area (Å²) >= 11 is 7.65. The molecule has 3 heteroatoms. The van der Waals surface area contributed by atoms with Crippen LogP contribution in [0.25, 0.3) is 0 Å². The van der Waals surface area contributed by atoms with Crippen LogP contribution in [0.2, 0.25) is 5.02 Å². The zero-order chi connectivity index (χ0) is 12.3. The summed E-state index contributed by atoms with van der Waals surface area (Å²) in [5.41, 5.74) is 1.75. The van der Waals surface area contributed by atoms with Crippen LogP contribution in [0, 0.1) is 18.3 Å². The molecule has 0 aromatic heterocycles. The van der Waals surface area contributed by atoms with Crippen LogP contribution in [0.3, 0.4) is 0 Å². The van der Waals surface area contributed by atoms with E-state index in [9.17, 15) is 0 Å². The van der Waals surface area contributed by atoms with Crippen molar-refractivity contribution in [2.45, 2.75) is 16.7 Å². The Kier molecular flexibility index (Phi) is 3.73. The molecule has 1 nitrogen and oxygen atoms in total. The van der Waals surface area contributed by atoms with Gasteiger partial charge in [-0.2, -0.15) is 5.26 Å². The molecule has 0 atom stereocenters. The zero-order valence-corrected chi connectivity index (χ0v) is 10.8. The van der Waals surface area contributed by atoms with Crippen molar-refractivity contribution in [1.29, 1.82) is 5.26 Å². The molecule has 0 unspecified atom stereocenters. The summed E-state index contributed by atoms with van der Waals surface area (Å²) in [6.07, 6.45) is 0. The van der Waals surface area contributed by atoms with Crippen LogP contribution in [0.5, 0.6) is 0 Å². The normalized spacial score (nSPS) is 9.94. The number of aryl methyl sites for hydroxylation is 1. The van der Waals surface area contributed by atoms with Gasteiger partial charge in [0.15, 0.2) is 0 Å². The molecule has 2 aromatic rings. The Hall–Kier alpha value is -1.43. The lowest BCUT2D eigenvalue weighted by Crippen LogP contribution is -1.81. The Morgan fingerprint density at radius 3 is 2.59 bits per heavy atom. The van der Waals surface area contributed by atoms with E-state index < -0.39 is 0 Å². The molecule has 0 heterocycles. The molecule has 2 rings (SSSR count). The van der Waals surface area contributed by atoms with Gasteiger partial charge in [0, 0.05) is 9.79 Å². The number of hydrogen-bond acceptors (Lipinski definition) is 2. The first kappa shape index (κ1) is 12.0. The lowest BCUT2D eigenvalue weighted by Gasteiger charge is -2.05. The number of benzene rings is 2. The number of nitriles is 1. The molecule has 0 N–H and O–H groups in total. The summed E-state index contributed by atoms with van der Waals surface area (Å²) in [5.74, 6) is 0. The third kappa shape index (κ3) is 2.82. The number of rotatable bonds is 2. The lowest BCUT2D eigenvalue weighted by atomic mass is 10.2. The lowest BCUT2D eigenvalue weighted by molar-refractivity contribution is 1.29. The molecule has 0 saturated heterocycles. The van der Waals surface area contributed by atoms with Gasteiger partial charge in [-0.15, -0.1) is 0 Å². The van der Waals surface area contributed by atoms with Gasteiger partial charge in [-0.1, -0.05) is 41.6 Å². The number of halogens is 1. The molecular weight excluding hydrogens is 250 g/mol. The predicted octanol–water partition coefficient (Wildman–Crippen LogP) is 4.67. The first-order valence-electron chi connectivity index (χ1n) is 5.14. The minimum atomic E-state index is 0.506. The molecule has 0 radical (unpaired) electrons. The molecule has 0 saturated carbocycles. The van der Waals surface area contributed by atoms with Crippen LogP contribution in [0.15, 0.2) is 52.3 Å². The van der Waals surface area contributed by atoms with Gasteiger partial charge >= 0.3 is 0 Å². The molecule has 0 fully saturated rings. The second-order valence-corrected chi connectivity index (χ2v) is 5.14. The predicted molar refractivity (Wildman–Crippen MR) is 71.5 cm³/mol. The van der Waals surface area contributed by atoms with Gasteiger partial charge in [-0.3, -0.25) is 0 Å². The van der Waals surface area contributed by atoms with E-state index in [0.717, 1.165) is 4.90 Å². The number of hydrogen-bond donors (Lipinski definition) is 0. The van der Waals surface area contributed by atoms with Crippen molar-refractivity contribution in [2.75, 3.05) is 0 Å². The minimum absolute atomic E-state index is 0.506. The van der Waals surface area contributed by atoms with Crippen LogP contribution in [-0.2, 0) is 0 Å². The van der Waals surface area contributed by atoms with Gasteiger partial charge in [0.25, 0.3) is 0 Å². The van der Waals surface area contributed by atoms with Crippen molar-refractivity contribution in [3.63, 3.8) is 0 Å². The molecule has 0 spiro atoms. The smallest absolute Gasteiger partial charge is 0.101 e. The Balaban J connectivity index is 2.29. The van der Waals surface area contributed by atoms with Crippen molar-refractivity contribution in [3.05, 3.63) is 58.6 Å². The fourth-order valence-electron chi connectivity index (χ4n) is 1.45. The highest BCUT2D eigenvalue weighted by atomic mass is 35.5. The molecule has 2 aromatic carbocycles. The Morgan fingerprint density at radius 1 is 1.18 bits per heavy atom. The molecule has 84 valence electrons. The summed E-state index contributed by atoms with van der Waals surface area (Å²) < 4.78 is 0. The molecular formula is C14H10ClNS. The Labute approximate surface area is 110 Å². The van der Waals surface area contributed by atoms with Crippen molar-refractivity contribution in [1.82, 2.24) is 0 Å². The van der Waals surface area contributed by atoms with Crippen molar-refractivity contribution in [3.8, 4) is 6.07 Å². The van der Waals surface area contributed by atoms with E-state index in [1.165, 1.54) is 10.5 Å². The molecule has 0 aliphatic carbocycles. The number of nitrogens with zero attached hydrogens (tertiary/aromatic N) is 1. The quantitative estimate of drug-likeness (QED) is 0.782. The van der Waals surface area contributed by atoms with E-state index in [2.05, 4.69) is 25.1 Å². The van der Waals surface area contributed by atoms with Gasteiger partial charge in [-0.05, 0) is 36.8 Å². The van der Waals surface area contributed by atoms with Crippen molar-refractivity contribution < 1.29 is 0 Å². The maximum atomic E-state index is 8.80. The molecule has 17 heavy (non-hydrogen) atoms. The van der Waals surface area contributed by atoms with Crippen LogP contribution >= 0.6 is 23.4 Å². The summed E-state index contributed by atoms with van der Waals surface area (Å²) in [4.78, 5) is 2.25. The van der Waals surface area contributed by atoms with Gasteiger partial charge in [0.05, 0.1) is 10.6 Å². The van der Waals surface area contributed by atoms with Gasteiger partial charge in [0.2, 0.25) is 0 Å². The summed E-state index contributed by atoms with van der Waals surface area (Å²) in [6, 6.07) is 15.7. The molecule has 0 bridgehead atoms. The maximum absolute atomic E-state index is 8.80. The van der Waals surface area contributed by atoms with Crippen LogP contribution < -0.4 is 0 Å². The van der Waals surface area contributed by atoms with Crippen molar-refractivity contribution >= 4 is 23.4 Å². The van der Waals surface area contributed by atoms with E-state index in [0.29, 0.717) is 10.6 Å². The molecule has 0 aliphatic heterocycles. The molecule has 0 amide bonds. The largest absolute Gasteiger partial charge is 0.192 e. The third-order valence-electron chi connectivity index (χ3n) is 2.38. The highest BCUT2D eigenvalue weighted by Crippen LogP contribution is 2.32. The van der Waals surface area contributed by atoms with E-state index in [-0.39, 0.29) is 0 Å². The van der Waals surface area contributed by atoms with Crippen LogP contribution in [0.4, 0.5) is 0 Å². The van der Waals surface area contributed by atoms with E-state index in [1.54, 1.807) is 17.8 Å². The molecule has 0 aliphatic rings. The average molecular weight is 260 g/mol. The highest BCUT2D eigenvalue weighted by molar-refractivity contribution is 7.99.